The van der Waals surface area contributed by atoms with Crippen LogP contribution in [0.15, 0.2) is 52.2 Å². The van der Waals surface area contributed by atoms with E-state index in [0.29, 0.717) is 18.8 Å². The molecule has 2 aromatic rings. The van der Waals surface area contributed by atoms with Gasteiger partial charge in [0.25, 0.3) is 0 Å². The third-order valence-electron chi connectivity index (χ3n) is 2.19. The van der Waals surface area contributed by atoms with Gasteiger partial charge >= 0.3 is 5.63 Å². The predicted octanol–water partition coefficient (Wildman–Crippen LogP) is 2.50. The standard InChI is InChI=1S/C13H12O3/c1-2-7-15-9-10-3-4-11-5-6-13(14)16-12(11)8-10/h2-6,8H,1,7,9H2. The third kappa shape index (κ3) is 2.38. The number of fused-ring (bicyclic) bond motifs is 1. The minimum atomic E-state index is -0.336. The Morgan fingerprint density at radius 2 is 2.12 bits per heavy atom. The Labute approximate surface area is 93.0 Å². The van der Waals surface area contributed by atoms with Crippen molar-refractivity contribution >= 4 is 11.0 Å². The van der Waals surface area contributed by atoms with Crippen molar-refractivity contribution in [3.05, 3.63) is 59.0 Å². The second-order valence-electron chi connectivity index (χ2n) is 3.43. The quantitative estimate of drug-likeness (QED) is 0.448. The summed E-state index contributed by atoms with van der Waals surface area (Å²) in [6, 6.07) is 8.84. The first-order valence-corrected chi connectivity index (χ1v) is 5.01. The lowest BCUT2D eigenvalue weighted by Crippen LogP contribution is -1.96. The molecule has 0 amide bonds. The van der Waals surface area contributed by atoms with E-state index in [-0.39, 0.29) is 5.63 Å². The lowest BCUT2D eigenvalue weighted by atomic mass is 10.1. The van der Waals surface area contributed by atoms with Crippen LogP contribution in [0.3, 0.4) is 0 Å². The Hall–Kier alpha value is -1.87. The van der Waals surface area contributed by atoms with Crippen LogP contribution in [-0.4, -0.2) is 6.61 Å². The van der Waals surface area contributed by atoms with Crippen molar-refractivity contribution in [3.8, 4) is 0 Å². The van der Waals surface area contributed by atoms with Gasteiger partial charge in [-0.3, -0.25) is 0 Å². The van der Waals surface area contributed by atoms with E-state index in [0.717, 1.165) is 10.9 Å². The molecule has 16 heavy (non-hydrogen) atoms. The number of ether oxygens (including phenoxy) is 1. The van der Waals surface area contributed by atoms with Gasteiger partial charge in [0.15, 0.2) is 0 Å². The molecule has 0 radical (unpaired) electrons. The van der Waals surface area contributed by atoms with E-state index in [4.69, 9.17) is 9.15 Å². The van der Waals surface area contributed by atoms with Gasteiger partial charge in [-0.25, -0.2) is 4.79 Å². The molecule has 2 rings (SSSR count). The van der Waals surface area contributed by atoms with Gasteiger partial charge in [0.05, 0.1) is 13.2 Å². The first-order chi connectivity index (χ1) is 7.79. The molecule has 0 atom stereocenters. The van der Waals surface area contributed by atoms with Crippen molar-refractivity contribution in [1.29, 1.82) is 0 Å². The van der Waals surface area contributed by atoms with Crippen LogP contribution < -0.4 is 5.63 Å². The van der Waals surface area contributed by atoms with E-state index in [1.165, 1.54) is 6.07 Å². The molecule has 0 aliphatic carbocycles. The fourth-order valence-electron chi connectivity index (χ4n) is 1.45. The van der Waals surface area contributed by atoms with E-state index in [1.807, 2.05) is 18.2 Å². The second-order valence-corrected chi connectivity index (χ2v) is 3.43. The summed E-state index contributed by atoms with van der Waals surface area (Å²) in [4.78, 5) is 11.0. The summed E-state index contributed by atoms with van der Waals surface area (Å²) in [7, 11) is 0. The summed E-state index contributed by atoms with van der Waals surface area (Å²) in [6.07, 6.45) is 1.70. The molecular formula is C13H12O3. The van der Waals surface area contributed by atoms with Crippen LogP contribution in [-0.2, 0) is 11.3 Å². The summed E-state index contributed by atoms with van der Waals surface area (Å²) in [5, 5.41) is 0.909. The molecule has 3 nitrogen and oxygen atoms in total. The molecule has 1 aromatic carbocycles. The molecule has 82 valence electrons. The molecule has 0 aliphatic rings. The Bertz CT molecular complexity index is 554. The van der Waals surface area contributed by atoms with Crippen LogP contribution in [0.25, 0.3) is 11.0 Å². The maximum Gasteiger partial charge on any atom is 0.336 e. The summed E-state index contributed by atoms with van der Waals surface area (Å²) in [5.41, 5.74) is 1.23. The van der Waals surface area contributed by atoms with E-state index in [9.17, 15) is 4.79 Å². The minimum absolute atomic E-state index is 0.336. The van der Waals surface area contributed by atoms with E-state index >= 15 is 0 Å². The molecule has 0 spiro atoms. The first kappa shape index (κ1) is 10.6. The maximum absolute atomic E-state index is 11.0. The Morgan fingerprint density at radius 1 is 1.31 bits per heavy atom. The number of hydrogen-bond donors (Lipinski definition) is 0. The second kappa shape index (κ2) is 4.77. The van der Waals surface area contributed by atoms with Crippen molar-refractivity contribution in [2.24, 2.45) is 0 Å². The highest BCUT2D eigenvalue weighted by Gasteiger charge is 1.99. The van der Waals surface area contributed by atoms with Gasteiger partial charge < -0.3 is 9.15 Å². The van der Waals surface area contributed by atoms with Crippen LogP contribution in [0.1, 0.15) is 5.56 Å². The molecule has 1 heterocycles. The van der Waals surface area contributed by atoms with Crippen molar-refractivity contribution in [2.45, 2.75) is 6.61 Å². The molecule has 0 fully saturated rings. The van der Waals surface area contributed by atoms with Crippen molar-refractivity contribution in [1.82, 2.24) is 0 Å². The van der Waals surface area contributed by atoms with Crippen LogP contribution in [0.5, 0.6) is 0 Å². The number of rotatable bonds is 4. The molecule has 0 aliphatic heterocycles. The van der Waals surface area contributed by atoms with Gasteiger partial charge in [0.1, 0.15) is 5.58 Å². The Kier molecular flexibility index (Phi) is 3.17. The summed E-state index contributed by atoms with van der Waals surface area (Å²) in [5.74, 6) is 0. The number of hydrogen-bond acceptors (Lipinski definition) is 3. The van der Waals surface area contributed by atoms with Crippen LogP contribution in [0.2, 0.25) is 0 Å². The van der Waals surface area contributed by atoms with Crippen molar-refractivity contribution in [2.75, 3.05) is 6.61 Å². The molecule has 0 saturated heterocycles. The smallest absolute Gasteiger partial charge is 0.336 e. The van der Waals surface area contributed by atoms with Crippen LogP contribution >= 0.6 is 0 Å². The maximum atomic E-state index is 11.0. The zero-order valence-corrected chi connectivity index (χ0v) is 8.81. The SMILES string of the molecule is C=CCOCc1ccc2ccc(=O)oc2c1. The van der Waals surface area contributed by atoms with Crippen LogP contribution in [0.4, 0.5) is 0 Å². The Balaban J connectivity index is 2.28. The predicted molar refractivity (Wildman–Crippen MR) is 62.3 cm³/mol. The van der Waals surface area contributed by atoms with E-state index in [2.05, 4.69) is 6.58 Å². The van der Waals surface area contributed by atoms with Gasteiger partial charge in [-0.15, -0.1) is 6.58 Å². The fourth-order valence-corrected chi connectivity index (χ4v) is 1.45. The largest absolute Gasteiger partial charge is 0.423 e. The van der Waals surface area contributed by atoms with Gasteiger partial charge in [-0.1, -0.05) is 18.2 Å². The molecule has 0 bridgehead atoms. The fraction of sp³-hybridized carbons (Fsp3) is 0.154. The van der Waals surface area contributed by atoms with E-state index < -0.39 is 0 Å². The molecule has 1 aromatic heterocycles. The zero-order valence-electron chi connectivity index (χ0n) is 8.81. The minimum Gasteiger partial charge on any atom is -0.423 e. The average molecular weight is 216 g/mol. The molecule has 0 saturated carbocycles. The lowest BCUT2D eigenvalue weighted by molar-refractivity contribution is 0.149. The summed E-state index contributed by atoms with van der Waals surface area (Å²) >= 11 is 0. The molecule has 0 N–H and O–H groups in total. The monoisotopic (exact) mass is 216 g/mol. The Morgan fingerprint density at radius 3 is 2.94 bits per heavy atom. The first-order valence-electron chi connectivity index (χ1n) is 5.01. The third-order valence-corrected chi connectivity index (χ3v) is 2.19. The highest BCUT2D eigenvalue weighted by atomic mass is 16.5. The van der Waals surface area contributed by atoms with E-state index in [1.54, 1.807) is 12.1 Å². The van der Waals surface area contributed by atoms with Crippen LogP contribution in [0, 0.1) is 0 Å². The van der Waals surface area contributed by atoms with Crippen molar-refractivity contribution < 1.29 is 9.15 Å². The molecular weight excluding hydrogens is 204 g/mol. The van der Waals surface area contributed by atoms with Gasteiger partial charge in [0, 0.05) is 11.5 Å². The molecule has 0 unspecified atom stereocenters. The summed E-state index contributed by atoms with van der Waals surface area (Å²) in [6.45, 7) is 4.57. The topological polar surface area (TPSA) is 39.4 Å². The normalized spacial score (nSPS) is 10.5. The van der Waals surface area contributed by atoms with Gasteiger partial charge in [0.2, 0.25) is 0 Å². The highest BCUT2D eigenvalue weighted by molar-refractivity contribution is 5.76. The average Bonchev–Trinajstić information content (AvgIpc) is 2.29. The van der Waals surface area contributed by atoms with Gasteiger partial charge in [-0.2, -0.15) is 0 Å². The lowest BCUT2D eigenvalue weighted by Gasteiger charge is -2.02. The molecule has 3 heteroatoms. The van der Waals surface area contributed by atoms with Crippen molar-refractivity contribution in [3.63, 3.8) is 0 Å². The zero-order chi connectivity index (χ0) is 11.4. The van der Waals surface area contributed by atoms with Gasteiger partial charge in [-0.05, 0) is 17.7 Å². The highest BCUT2D eigenvalue weighted by Crippen LogP contribution is 2.14. The summed E-state index contributed by atoms with van der Waals surface area (Å²) < 4.78 is 10.4. The number of benzene rings is 1.